The van der Waals surface area contributed by atoms with Crippen LogP contribution >= 0.6 is 11.3 Å². The highest BCUT2D eigenvalue weighted by atomic mass is 32.1. The van der Waals surface area contributed by atoms with E-state index in [0.717, 1.165) is 30.1 Å². The van der Waals surface area contributed by atoms with Crippen molar-refractivity contribution in [1.29, 1.82) is 0 Å². The van der Waals surface area contributed by atoms with Crippen LogP contribution < -0.4 is 10.1 Å². The fraction of sp³-hybridized carbons (Fsp3) is 0.400. The second kappa shape index (κ2) is 5.72. The van der Waals surface area contributed by atoms with E-state index in [4.69, 9.17) is 4.74 Å². The Morgan fingerprint density at radius 2 is 2.37 bits per heavy atom. The predicted octanol–water partition coefficient (Wildman–Crippen LogP) is 2.80. The van der Waals surface area contributed by atoms with Gasteiger partial charge < -0.3 is 10.1 Å². The number of hydrogen-bond donors (Lipinski definition) is 1. The summed E-state index contributed by atoms with van der Waals surface area (Å²) in [6.07, 6.45) is 5.29. The highest BCUT2D eigenvalue weighted by Crippen LogP contribution is 2.25. The highest BCUT2D eigenvalue weighted by Gasteiger charge is 2.18. The van der Waals surface area contributed by atoms with Gasteiger partial charge >= 0.3 is 0 Å². The third-order valence-electron chi connectivity index (χ3n) is 3.67. The van der Waals surface area contributed by atoms with Gasteiger partial charge in [-0.3, -0.25) is 0 Å². The third kappa shape index (κ3) is 2.96. The number of hydrogen-bond acceptors (Lipinski definition) is 4. The van der Waals surface area contributed by atoms with Crippen LogP contribution in [-0.4, -0.2) is 18.1 Å². The largest absolute Gasteiger partial charge is 0.497 e. The van der Waals surface area contributed by atoms with E-state index in [1.165, 1.54) is 17.5 Å². The third-order valence-corrected chi connectivity index (χ3v) is 4.45. The van der Waals surface area contributed by atoms with Crippen LogP contribution in [0.3, 0.4) is 0 Å². The highest BCUT2D eigenvalue weighted by molar-refractivity contribution is 7.09. The van der Waals surface area contributed by atoms with Gasteiger partial charge in [0.15, 0.2) is 0 Å². The van der Waals surface area contributed by atoms with Crippen LogP contribution in [0.1, 0.15) is 22.6 Å². The number of fused-ring (bicyclic) bond motifs is 1. The Hall–Kier alpha value is -1.39. The SMILES string of the molecule is COc1ccc2c(c1)CC(NCc1nccs1)CC2. The minimum atomic E-state index is 0.545. The minimum Gasteiger partial charge on any atom is -0.497 e. The summed E-state index contributed by atoms with van der Waals surface area (Å²) in [7, 11) is 1.72. The van der Waals surface area contributed by atoms with Crippen molar-refractivity contribution in [2.45, 2.75) is 31.8 Å². The van der Waals surface area contributed by atoms with Crippen molar-refractivity contribution in [2.24, 2.45) is 0 Å². The number of aryl methyl sites for hydroxylation is 1. The van der Waals surface area contributed by atoms with E-state index in [2.05, 4.69) is 28.5 Å². The van der Waals surface area contributed by atoms with Gasteiger partial charge in [0, 0.05) is 24.2 Å². The number of nitrogens with one attached hydrogen (secondary N) is 1. The van der Waals surface area contributed by atoms with E-state index >= 15 is 0 Å². The molecule has 0 bridgehead atoms. The number of rotatable bonds is 4. The fourth-order valence-electron chi connectivity index (χ4n) is 2.61. The molecule has 0 saturated heterocycles. The van der Waals surface area contributed by atoms with Gasteiger partial charge in [-0.2, -0.15) is 0 Å². The summed E-state index contributed by atoms with van der Waals surface area (Å²) < 4.78 is 5.31. The summed E-state index contributed by atoms with van der Waals surface area (Å²) in [5.41, 5.74) is 2.88. The van der Waals surface area contributed by atoms with E-state index in [9.17, 15) is 0 Å². The molecule has 1 aliphatic rings. The van der Waals surface area contributed by atoms with E-state index in [1.807, 2.05) is 11.6 Å². The van der Waals surface area contributed by atoms with Gasteiger partial charge in [-0.1, -0.05) is 6.07 Å². The van der Waals surface area contributed by atoms with Gasteiger partial charge in [0.1, 0.15) is 10.8 Å². The Balaban J connectivity index is 1.64. The van der Waals surface area contributed by atoms with Gasteiger partial charge in [-0.05, 0) is 42.5 Å². The second-order valence-corrected chi connectivity index (χ2v) is 5.86. The quantitative estimate of drug-likeness (QED) is 0.931. The van der Waals surface area contributed by atoms with Gasteiger partial charge in [-0.25, -0.2) is 4.98 Å². The number of benzene rings is 1. The molecule has 19 heavy (non-hydrogen) atoms. The zero-order chi connectivity index (χ0) is 13.1. The van der Waals surface area contributed by atoms with Gasteiger partial charge in [0.25, 0.3) is 0 Å². The van der Waals surface area contributed by atoms with E-state index in [0.29, 0.717) is 6.04 Å². The predicted molar refractivity (Wildman–Crippen MR) is 77.8 cm³/mol. The molecule has 3 rings (SSSR count). The molecule has 1 aromatic heterocycles. The lowest BCUT2D eigenvalue weighted by molar-refractivity contribution is 0.411. The summed E-state index contributed by atoms with van der Waals surface area (Å²) in [5, 5.41) is 6.80. The molecule has 1 heterocycles. The Morgan fingerprint density at radius 1 is 1.42 bits per heavy atom. The molecular formula is C15H18N2OS. The van der Waals surface area contributed by atoms with Crippen molar-refractivity contribution < 1.29 is 4.74 Å². The Kier molecular flexibility index (Phi) is 3.80. The Bertz CT molecular complexity index is 539. The molecule has 0 saturated carbocycles. The van der Waals surface area contributed by atoms with Crippen LogP contribution in [0.25, 0.3) is 0 Å². The molecule has 1 atom stereocenters. The summed E-state index contributed by atoms with van der Waals surface area (Å²) in [4.78, 5) is 4.31. The molecule has 0 fully saturated rings. The van der Waals surface area contributed by atoms with Crippen LogP contribution in [0.4, 0.5) is 0 Å². The van der Waals surface area contributed by atoms with Crippen molar-refractivity contribution in [3.05, 3.63) is 45.9 Å². The first-order valence-electron chi connectivity index (χ1n) is 6.62. The first kappa shape index (κ1) is 12.6. The minimum absolute atomic E-state index is 0.545. The molecule has 0 spiro atoms. The van der Waals surface area contributed by atoms with Crippen LogP contribution in [-0.2, 0) is 19.4 Å². The molecule has 1 unspecified atom stereocenters. The molecule has 4 heteroatoms. The van der Waals surface area contributed by atoms with Crippen molar-refractivity contribution in [1.82, 2.24) is 10.3 Å². The Morgan fingerprint density at radius 3 is 3.16 bits per heavy atom. The molecular weight excluding hydrogens is 256 g/mol. The summed E-state index contributed by atoms with van der Waals surface area (Å²) in [6.45, 7) is 0.877. The number of methoxy groups -OCH3 is 1. The smallest absolute Gasteiger partial charge is 0.119 e. The van der Waals surface area contributed by atoms with Crippen molar-refractivity contribution in [3.63, 3.8) is 0 Å². The maximum atomic E-state index is 5.31. The zero-order valence-electron chi connectivity index (χ0n) is 11.1. The maximum absolute atomic E-state index is 5.31. The monoisotopic (exact) mass is 274 g/mol. The Labute approximate surface area is 117 Å². The lowest BCUT2D eigenvalue weighted by atomic mass is 9.88. The molecule has 0 amide bonds. The van der Waals surface area contributed by atoms with Gasteiger partial charge in [-0.15, -0.1) is 11.3 Å². The molecule has 2 aromatic rings. The van der Waals surface area contributed by atoms with Gasteiger partial charge in [0.05, 0.1) is 7.11 Å². The molecule has 1 N–H and O–H groups in total. The van der Waals surface area contributed by atoms with E-state index < -0.39 is 0 Å². The van der Waals surface area contributed by atoms with E-state index in [1.54, 1.807) is 18.4 Å². The number of ether oxygens (including phenoxy) is 1. The number of nitrogens with zero attached hydrogens (tertiary/aromatic N) is 1. The zero-order valence-corrected chi connectivity index (χ0v) is 11.9. The molecule has 1 aromatic carbocycles. The van der Waals surface area contributed by atoms with Crippen LogP contribution in [0.2, 0.25) is 0 Å². The average molecular weight is 274 g/mol. The van der Waals surface area contributed by atoms with Crippen molar-refractivity contribution in [3.8, 4) is 5.75 Å². The molecule has 1 aliphatic carbocycles. The molecule has 0 aliphatic heterocycles. The van der Waals surface area contributed by atoms with E-state index in [-0.39, 0.29) is 0 Å². The summed E-state index contributed by atoms with van der Waals surface area (Å²) >= 11 is 1.71. The molecule has 3 nitrogen and oxygen atoms in total. The number of aromatic nitrogens is 1. The summed E-state index contributed by atoms with van der Waals surface area (Å²) in [5.74, 6) is 0.958. The standard InChI is InChI=1S/C15H18N2OS/c1-18-14-5-3-11-2-4-13(8-12(11)9-14)17-10-15-16-6-7-19-15/h3,5-7,9,13,17H,2,4,8,10H2,1H3. The van der Waals surface area contributed by atoms with Gasteiger partial charge in [0.2, 0.25) is 0 Å². The topological polar surface area (TPSA) is 34.1 Å². The van der Waals surface area contributed by atoms with Crippen molar-refractivity contribution in [2.75, 3.05) is 7.11 Å². The maximum Gasteiger partial charge on any atom is 0.119 e. The lowest BCUT2D eigenvalue weighted by Crippen LogP contribution is -2.34. The van der Waals surface area contributed by atoms with Crippen molar-refractivity contribution >= 4 is 11.3 Å². The average Bonchev–Trinajstić information content (AvgIpc) is 2.97. The number of thiazole rings is 1. The lowest BCUT2D eigenvalue weighted by Gasteiger charge is -2.25. The normalized spacial score (nSPS) is 18.1. The van der Waals surface area contributed by atoms with Crippen LogP contribution in [0.5, 0.6) is 5.75 Å². The fourth-order valence-corrected chi connectivity index (χ4v) is 3.17. The second-order valence-electron chi connectivity index (χ2n) is 4.88. The molecule has 0 radical (unpaired) electrons. The van der Waals surface area contributed by atoms with Crippen LogP contribution in [0.15, 0.2) is 29.8 Å². The molecule has 100 valence electrons. The van der Waals surface area contributed by atoms with Crippen LogP contribution in [0, 0.1) is 0 Å². The first-order chi connectivity index (χ1) is 9.35. The first-order valence-corrected chi connectivity index (χ1v) is 7.50. The summed E-state index contributed by atoms with van der Waals surface area (Å²) in [6, 6.07) is 6.98.